The molecule has 2 atom stereocenters. The number of amides is 1. The monoisotopic (exact) mass is 260 g/mol. The molecule has 0 aromatic heterocycles. The van der Waals surface area contributed by atoms with E-state index in [-0.39, 0.29) is 23.7 Å². The van der Waals surface area contributed by atoms with E-state index < -0.39 is 0 Å². The zero-order valence-corrected chi connectivity index (χ0v) is 11.5. The van der Waals surface area contributed by atoms with Crippen LogP contribution in [0, 0.1) is 11.3 Å². The van der Waals surface area contributed by atoms with Crippen molar-refractivity contribution in [3.05, 3.63) is 0 Å². The molecule has 4 heteroatoms. The first-order valence-corrected chi connectivity index (χ1v) is 6.65. The van der Waals surface area contributed by atoms with Crippen LogP contribution in [0.3, 0.4) is 0 Å². The lowest BCUT2D eigenvalue weighted by molar-refractivity contribution is -0.124. The zero-order valence-electron chi connectivity index (χ0n) is 10.7. The van der Waals surface area contributed by atoms with Crippen LogP contribution in [0.5, 0.6) is 0 Å². The molecule has 0 radical (unpaired) electrons. The molecular weight excluding hydrogens is 236 g/mol. The zero-order chi connectivity index (χ0) is 11.6. The number of hydrogen-bond acceptors (Lipinski definition) is 2. The third-order valence-electron chi connectivity index (χ3n) is 4.34. The van der Waals surface area contributed by atoms with Crippen molar-refractivity contribution in [3.63, 3.8) is 0 Å². The molecule has 2 aliphatic rings. The molecule has 0 heterocycles. The minimum atomic E-state index is 0. The number of halogens is 1. The second-order valence-electron chi connectivity index (χ2n) is 5.83. The molecule has 3 N–H and O–H groups in total. The lowest BCUT2D eigenvalue weighted by Gasteiger charge is -2.35. The molecule has 0 spiro atoms. The predicted molar refractivity (Wildman–Crippen MR) is 72.1 cm³/mol. The lowest BCUT2D eigenvalue weighted by Crippen LogP contribution is -2.39. The van der Waals surface area contributed by atoms with E-state index in [0.717, 1.165) is 19.3 Å². The third-order valence-corrected chi connectivity index (χ3v) is 4.34. The molecule has 3 nitrogen and oxygen atoms in total. The Hall–Kier alpha value is -0.280. The number of carbonyl (C=O) groups excluding carboxylic acids is 1. The SMILES string of the molecule is CC1CC1NC(=O)CC1(CN)CCCCC1.Cl. The molecule has 0 aliphatic heterocycles. The predicted octanol–water partition coefficient (Wildman–Crippen LogP) is 2.23. The number of carbonyl (C=O) groups is 1. The molecule has 100 valence electrons. The van der Waals surface area contributed by atoms with E-state index >= 15 is 0 Å². The van der Waals surface area contributed by atoms with Gasteiger partial charge < -0.3 is 11.1 Å². The fourth-order valence-corrected chi connectivity index (χ4v) is 2.88. The van der Waals surface area contributed by atoms with Crippen molar-refractivity contribution < 1.29 is 4.79 Å². The molecule has 0 aromatic carbocycles. The highest BCUT2D eigenvalue weighted by Crippen LogP contribution is 2.38. The summed E-state index contributed by atoms with van der Waals surface area (Å²) in [4.78, 5) is 11.9. The van der Waals surface area contributed by atoms with Gasteiger partial charge in [-0.1, -0.05) is 26.2 Å². The quantitative estimate of drug-likeness (QED) is 0.815. The average molecular weight is 261 g/mol. The molecule has 2 rings (SSSR count). The number of hydrogen-bond donors (Lipinski definition) is 2. The van der Waals surface area contributed by atoms with Gasteiger partial charge in [-0.05, 0) is 37.1 Å². The van der Waals surface area contributed by atoms with Crippen LogP contribution in [0.1, 0.15) is 51.9 Å². The molecule has 1 amide bonds. The van der Waals surface area contributed by atoms with Gasteiger partial charge in [0, 0.05) is 12.5 Å². The second-order valence-corrected chi connectivity index (χ2v) is 5.83. The fraction of sp³-hybridized carbons (Fsp3) is 0.923. The van der Waals surface area contributed by atoms with E-state index in [9.17, 15) is 4.79 Å². The van der Waals surface area contributed by atoms with Gasteiger partial charge >= 0.3 is 0 Å². The average Bonchev–Trinajstić information content (AvgIpc) is 2.95. The largest absolute Gasteiger partial charge is 0.353 e. The molecule has 2 fully saturated rings. The van der Waals surface area contributed by atoms with Crippen LogP contribution < -0.4 is 11.1 Å². The molecule has 2 aliphatic carbocycles. The summed E-state index contributed by atoms with van der Waals surface area (Å²) in [5.41, 5.74) is 5.99. The Kier molecular flexibility index (Phi) is 5.26. The summed E-state index contributed by atoms with van der Waals surface area (Å²) in [6.07, 6.45) is 7.86. The van der Waals surface area contributed by atoms with Gasteiger partial charge in [0.25, 0.3) is 0 Å². The maximum Gasteiger partial charge on any atom is 0.220 e. The van der Waals surface area contributed by atoms with Crippen molar-refractivity contribution in [1.82, 2.24) is 5.32 Å². The van der Waals surface area contributed by atoms with Crippen LogP contribution >= 0.6 is 12.4 Å². The van der Waals surface area contributed by atoms with E-state index in [0.29, 0.717) is 24.9 Å². The molecule has 2 saturated carbocycles. The highest BCUT2D eigenvalue weighted by atomic mass is 35.5. The number of nitrogens with one attached hydrogen (secondary N) is 1. The Bertz CT molecular complexity index is 264. The van der Waals surface area contributed by atoms with E-state index in [2.05, 4.69) is 12.2 Å². The lowest BCUT2D eigenvalue weighted by atomic mass is 9.71. The highest BCUT2D eigenvalue weighted by molar-refractivity contribution is 5.85. The minimum absolute atomic E-state index is 0. The van der Waals surface area contributed by atoms with Crippen LogP contribution in [-0.4, -0.2) is 18.5 Å². The smallest absolute Gasteiger partial charge is 0.220 e. The normalized spacial score (nSPS) is 30.2. The van der Waals surface area contributed by atoms with Crippen LogP contribution in [0.15, 0.2) is 0 Å². The van der Waals surface area contributed by atoms with Crippen molar-refractivity contribution in [1.29, 1.82) is 0 Å². The van der Waals surface area contributed by atoms with Gasteiger partial charge in [-0.2, -0.15) is 0 Å². The Balaban J connectivity index is 0.00000144. The molecule has 0 saturated heterocycles. The summed E-state index contributed by atoms with van der Waals surface area (Å²) in [5, 5.41) is 3.12. The first kappa shape index (κ1) is 14.8. The molecule has 17 heavy (non-hydrogen) atoms. The highest BCUT2D eigenvalue weighted by Gasteiger charge is 2.37. The van der Waals surface area contributed by atoms with Crippen molar-refractivity contribution in [2.75, 3.05) is 6.54 Å². The summed E-state index contributed by atoms with van der Waals surface area (Å²) in [6, 6.07) is 0.450. The maximum absolute atomic E-state index is 11.9. The van der Waals surface area contributed by atoms with E-state index in [1.54, 1.807) is 0 Å². The van der Waals surface area contributed by atoms with Gasteiger partial charge in [-0.25, -0.2) is 0 Å². The van der Waals surface area contributed by atoms with Crippen molar-refractivity contribution in [2.45, 2.75) is 57.9 Å². The Morgan fingerprint density at radius 1 is 1.35 bits per heavy atom. The second kappa shape index (κ2) is 6.05. The summed E-state index contributed by atoms with van der Waals surface area (Å²) >= 11 is 0. The molecular formula is C13H25ClN2O. The van der Waals surface area contributed by atoms with E-state index in [1.807, 2.05) is 0 Å². The molecule has 2 unspecified atom stereocenters. The van der Waals surface area contributed by atoms with Gasteiger partial charge in [0.1, 0.15) is 0 Å². The van der Waals surface area contributed by atoms with Gasteiger partial charge in [0.2, 0.25) is 5.91 Å². The van der Waals surface area contributed by atoms with Crippen LogP contribution in [0.2, 0.25) is 0 Å². The van der Waals surface area contributed by atoms with Crippen LogP contribution in [0.25, 0.3) is 0 Å². The molecule has 0 bridgehead atoms. The number of nitrogens with two attached hydrogens (primary N) is 1. The number of rotatable bonds is 4. The maximum atomic E-state index is 11.9. The van der Waals surface area contributed by atoms with Crippen molar-refractivity contribution >= 4 is 18.3 Å². The van der Waals surface area contributed by atoms with Crippen LogP contribution in [0.4, 0.5) is 0 Å². The Labute approximate surface area is 110 Å². The van der Waals surface area contributed by atoms with E-state index in [4.69, 9.17) is 5.73 Å². The summed E-state index contributed by atoms with van der Waals surface area (Å²) in [5.74, 6) is 0.908. The summed E-state index contributed by atoms with van der Waals surface area (Å²) in [7, 11) is 0. The first-order valence-electron chi connectivity index (χ1n) is 6.65. The topological polar surface area (TPSA) is 55.1 Å². The van der Waals surface area contributed by atoms with Gasteiger partial charge in [0.15, 0.2) is 0 Å². The summed E-state index contributed by atoms with van der Waals surface area (Å²) < 4.78 is 0. The van der Waals surface area contributed by atoms with Gasteiger partial charge in [-0.15, -0.1) is 12.4 Å². The van der Waals surface area contributed by atoms with Gasteiger partial charge in [0.05, 0.1) is 0 Å². The fourth-order valence-electron chi connectivity index (χ4n) is 2.88. The van der Waals surface area contributed by atoms with Gasteiger partial charge in [-0.3, -0.25) is 4.79 Å². The van der Waals surface area contributed by atoms with Crippen LogP contribution in [-0.2, 0) is 4.79 Å². The first-order chi connectivity index (χ1) is 7.65. The Morgan fingerprint density at radius 3 is 2.41 bits per heavy atom. The molecule has 0 aromatic rings. The van der Waals surface area contributed by atoms with E-state index in [1.165, 1.54) is 19.3 Å². The van der Waals surface area contributed by atoms with Crippen molar-refractivity contribution in [3.8, 4) is 0 Å². The van der Waals surface area contributed by atoms with Crippen molar-refractivity contribution in [2.24, 2.45) is 17.1 Å². The summed E-state index contributed by atoms with van der Waals surface area (Å²) in [6.45, 7) is 2.85. The Morgan fingerprint density at radius 2 is 1.94 bits per heavy atom. The third kappa shape index (κ3) is 3.85. The minimum Gasteiger partial charge on any atom is -0.353 e. The standard InChI is InChI=1S/C13H24N2O.ClH/c1-10-7-11(10)15-12(16)8-13(9-14)5-3-2-4-6-13;/h10-11H,2-9,14H2,1H3,(H,15,16);1H.